The number of amides is 1. The summed E-state index contributed by atoms with van der Waals surface area (Å²) in [5.74, 6) is -0.0981. The number of carbonyl (C=O) groups is 1. The quantitative estimate of drug-likeness (QED) is 0.894. The summed E-state index contributed by atoms with van der Waals surface area (Å²) >= 11 is 3.44. The Hall–Kier alpha value is -1.85. The number of likely N-dealkylation sites (N-methyl/N-ethyl adjacent to an activating group) is 1. The summed E-state index contributed by atoms with van der Waals surface area (Å²) in [4.78, 5) is 17.2. The average molecular weight is 374 g/mol. The summed E-state index contributed by atoms with van der Waals surface area (Å²) in [6.07, 6.45) is 0. The highest BCUT2D eigenvalue weighted by Gasteiger charge is 2.18. The Labute approximate surface area is 145 Å². The molecule has 1 fully saturated rings. The van der Waals surface area contributed by atoms with Crippen molar-refractivity contribution in [3.63, 3.8) is 0 Å². The number of benzene rings is 2. The van der Waals surface area contributed by atoms with E-state index in [1.807, 2.05) is 42.5 Å². The van der Waals surface area contributed by atoms with E-state index in [0.717, 1.165) is 42.0 Å². The van der Waals surface area contributed by atoms with Crippen molar-refractivity contribution in [1.82, 2.24) is 4.90 Å². The number of halogens is 1. The minimum atomic E-state index is -0.0981. The number of nitrogens with one attached hydrogen (secondary N) is 1. The van der Waals surface area contributed by atoms with Crippen LogP contribution >= 0.6 is 15.9 Å². The number of anilines is 2. The summed E-state index contributed by atoms with van der Waals surface area (Å²) in [7, 11) is 2.14. The van der Waals surface area contributed by atoms with Crippen LogP contribution in [-0.4, -0.2) is 44.0 Å². The highest BCUT2D eigenvalue weighted by atomic mass is 79.9. The lowest BCUT2D eigenvalue weighted by atomic mass is 10.2. The number of carbonyl (C=O) groups excluding carboxylic acids is 1. The fourth-order valence-electron chi connectivity index (χ4n) is 2.74. The first-order valence-corrected chi connectivity index (χ1v) is 8.53. The van der Waals surface area contributed by atoms with E-state index in [9.17, 15) is 4.79 Å². The molecule has 0 aliphatic carbocycles. The van der Waals surface area contributed by atoms with Crippen LogP contribution in [0.5, 0.6) is 0 Å². The van der Waals surface area contributed by atoms with Gasteiger partial charge in [-0.15, -0.1) is 0 Å². The van der Waals surface area contributed by atoms with E-state index in [1.165, 1.54) is 0 Å². The van der Waals surface area contributed by atoms with Gasteiger partial charge in [0.25, 0.3) is 5.91 Å². The topological polar surface area (TPSA) is 35.6 Å². The van der Waals surface area contributed by atoms with Crippen molar-refractivity contribution in [2.75, 3.05) is 43.4 Å². The lowest BCUT2D eigenvalue weighted by molar-refractivity contribution is 0.102. The zero-order valence-electron chi connectivity index (χ0n) is 13.1. The van der Waals surface area contributed by atoms with Gasteiger partial charge in [-0.1, -0.05) is 24.3 Å². The highest BCUT2D eigenvalue weighted by molar-refractivity contribution is 9.10. The molecule has 0 unspecified atom stereocenters. The molecule has 120 valence electrons. The SMILES string of the molecule is CN1CCN(c2ccccc2NC(=O)c2ccccc2Br)CC1. The Bertz CT molecular complexity index is 696. The molecule has 1 aliphatic heterocycles. The molecule has 2 aromatic rings. The van der Waals surface area contributed by atoms with Crippen LogP contribution in [0.2, 0.25) is 0 Å². The summed E-state index contributed by atoms with van der Waals surface area (Å²) < 4.78 is 0.801. The second-order valence-corrected chi connectivity index (χ2v) is 6.60. The first kappa shape index (κ1) is 16.0. The first-order valence-electron chi connectivity index (χ1n) is 7.73. The zero-order chi connectivity index (χ0) is 16.2. The van der Waals surface area contributed by atoms with Crippen molar-refractivity contribution < 1.29 is 4.79 Å². The van der Waals surface area contributed by atoms with E-state index >= 15 is 0 Å². The second-order valence-electron chi connectivity index (χ2n) is 5.74. The molecule has 1 heterocycles. The summed E-state index contributed by atoms with van der Waals surface area (Å²) in [5, 5.41) is 3.05. The molecule has 3 rings (SSSR count). The van der Waals surface area contributed by atoms with Gasteiger partial charge in [-0.05, 0) is 47.2 Å². The van der Waals surface area contributed by atoms with Crippen molar-refractivity contribution in [2.45, 2.75) is 0 Å². The lowest BCUT2D eigenvalue weighted by Crippen LogP contribution is -2.44. The third kappa shape index (κ3) is 3.74. The predicted molar refractivity (Wildman–Crippen MR) is 98.2 cm³/mol. The Morgan fingerprint density at radius 1 is 1.00 bits per heavy atom. The van der Waals surface area contributed by atoms with Crippen molar-refractivity contribution >= 4 is 33.2 Å². The average Bonchev–Trinajstić information content (AvgIpc) is 2.56. The molecule has 2 aromatic carbocycles. The molecule has 1 aliphatic rings. The van der Waals surface area contributed by atoms with Gasteiger partial charge in [-0.2, -0.15) is 0 Å². The van der Waals surface area contributed by atoms with Crippen LogP contribution in [-0.2, 0) is 0 Å². The molecule has 23 heavy (non-hydrogen) atoms. The Balaban J connectivity index is 1.81. The second kappa shape index (κ2) is 7.15. The fourth-order valence-corrected chi connectivity index (χ4v) is 3.20. The number of nitrogens with zero attached hydrogens (tertiary/aromatic N) is 2. The predicted octanol–water partition coefficient (Wildman–Crippen LogP) is 3.45. The van der Waals surface area contributed by atoms with Crippen LogP contribution in [0, 0.1) is 0 Å². The minimum absolute atomic E-state index is 0.0981. The molecule has 0 saturated carbocycles. The van der Waals surface area contributed by atoms with Crippen molar-refractivity contribution in [2.24, 2.45) is 0 Å². The molecule has 4 nitrogen and oxygen atoms in total. The van der Waals surface area contributed by atoms with E-state index in [4.69, 9.17) is 0 Å². The van der Waals surface area contributed by atoms with Crippen LogP contribution < -0.4 is 10.2 Å². The normalized spacial score (nSPS) is 15.5. The molecule has 0 spiro atoms. The molecule has 1 amide bonds. The van der Waals surface area contributed by atoms with Crippen LogP contribution in [0.25, 0.3) is 0 Å². The molecule has 1 N–H and O–H groups in total. The van der Waals surface area contributed by atoms with Gasteiger partial charge >= 0.3 is 0 Å². The van der Waals surface area contributed by atoms with Gasteiger partial charge in [-0.3, -0.25) is 4.79 Å². The zero-order valence-corrected chi connectivity index (χ0v) is 14.7. The molecule has 0 atom stereocenters. The number of rotatable bonds is 3. The number of hydrogen-bond donors (Lipinski definition) is 1. The van der Waals surface area contributed by atoms with Crippen LogP contribution in [0.3, 0.4) is 0 Å². The van der Waals surface area contributed by atoms with E-state index < -0.39 is 0 Å². The van der Waals surface area contributed by atoms with Gasteiger partial charge in [0.2, 0.25) is 0 Å². The van der Waals surface area contributed by atoms with Gasteiger partial charge in [0.1, 0.15) is 0 Å². The Morgan fingerprint density at radius 3 is 2.39 bits per heavy atom. The molecular formula is C18H20BrN3O. The number of para-hydroxylation sites is 2. The Kier molecular flexibility index (Phi) is 4.98. The van der Waals surface area contributed by atoms with E-state index in [0.29, 0.717) is 5.56 Å². The van der Waals surface area contributed by atoms with E-state index in [2.05, 4.69) is 44.2 Å². The smallest absolute Gasteiger partial charge is 0.256 e. The third-order valence-corrected chi connectivity index (χ3v) is 4.81. The summed E-state index contributed by atoms with van der Waals surface area (Å²) in [5.41, 5.74) is 2.58. The first-order chi connectivity index (χ1) is 11.1. The largest absolute Gasteiger partial charge is 0.367 e. The Morgan fingerprint density at radius 2 is 1.65 bits per heavy atom. The third-order valence-electron chi connectivity index (χ3n) is 4.11. The lowest BCUT2D eigenvalue weighted by Gasteiger charge is -2.35. The van der Waals surface area contributed by atoms with E-state index in [-0.39, 0.29) is 5.91 Å². The molecule has 5 heteroatoms. The van der Waals surface area contributed by atoms with E-state index in [1.54, 1.807) is 0 Å². The summed E-state index contributed by atoms with van der Waals surface area (Å²) in [6, 6.07) is 15.5. The highest BCUT2D eigenvalue weighted by Crippen LogP contribution is 2.27. The van der Waals surface area contributed by atoms with Crippen LogP contribution in [0.4, 0.5) is 11.4 Å². The van der Waals surface area contributed by atoms with Crippen molar-refractivity contribution in [3.05, 3.63) is 58.6 Å². The van der Waals surface area contributed by atoms with Gasteiger partial charge in [0.05, 0.1) is 16.9 Å². The van der Waals surface area contributed by atoms with Gasteiger partial charge in [0.15, 0.2) is 0 Å². The maximum Gasteiger partial charge on any atom is 0.256 e. The van der Waals surface area contributed by atoms with Gasteiger partial charge in [0, 0.05) is 30.7 Å². The van der Waals surface area contributed by atoms with Gasteiger partial charge < -0.3 is 15.1 Å². The molecule has 0 bridgehead atoms. The monoisotopic (exact) mass is 373 g/mol. The van der Waals surface area contributed by atoms with Crippen LogP contribution in [0.15, 0.2) is 53.0 Å². The number of hydrogen-bond acceptors (Lipinski definition) is 3. The molecule has 0 radical (unpaired) electrons. The molecule has 0 aromatic heterocycles. The van der Waals surface area contributed by atoms with Gasteiger partial charge in [-0.25, -0.2) is 0 Å². The van der Waals surface area contributed by atoms with Crippen LogP contribution in [0.1, 0.15) is 10.4 Å². The number of piperazine rings is 1. The standard InChI is InChI=1S/C18H20BrN3O/c1-21-10-12-22(13-11-21)17-9-5-4-8-16(17)20-18(23)14-6-2-3-7-15(14)19/h2-9H,10-13H2,1H3,(H,20,23). The molecule has 1 saturated heterocycles. The minimum Gasteiger partial charge on any atom is -0.367 e. The van der Waals surface area contributed by atoms with Crippen molar-refractivity contribution in [3.8, 4) is 0 Å². The fraction of sp³-hybridized carbons (Fsp3) is 0.278. The van der Waals surface area contributed by atoms with Crippen molar-refractivity contribution in [1.29, 1.82) is 0 Å². The maximum atomic E-state index is 12.6. The summed E-state index contributed by atoms with van der Waals surface area (Å²) in [6.45, 7) is 4.01. The maximum absolute atomic E-state index is 12.6. The molecular weight excluding hydrogens is 354 g/mol.